The summed E-state index contributed by atoms with van der Waals surface area (Å²) >= 11 is 0. The number of carbonyl (C=O) groups excluding carboxylic acids is 1. The molecule has 78 valence electrons. The molecule has 0 saturated carbocycles. The van der Waals surface area contributed by atoms with Crippen molar-refractivity contribution < 1.29 is 4.79 Å². The lowest BCUT2D eigenvalue weighted by atomic mass is 9.82. The highest BCUT2D eigenvalue weighted by Gasteiger charge is 2.20. The summed E-state index contributed by atoms with van der Waals surface area (Å²) in [5, 5.41) is 0. The van der Waals surface area contributed by atoms with Gasteiger partial charge in [-0.1, -0.05) is 18.6 Å². The maximum Gasteiger partial charge on any atom is 0.159 e. The van der Waals surface area contributed by atoms with Gasteiger partial charge in [-0.05, 0) is 44.1 Å². The minimum atomic E-state index is 0.342. The van der Waals surface area contributed by atoms with E-state index in [0.29, 0.717) is 18.1 Å². The molecule has 1 atom stereocenters. The van der Waals surface area contributed by atoms with E-state index in [4.69, 9.17) is 0 Å². The second-order valence-electron chi connectivity index (χ2n) is 4.21. The van der Waals surface area contributed by atoms with Gasteiger partial charge < -0.3 is 0 Å². The Morgan fingerprint density at radius 2 is 2.36 bits per heavy atom. The van der Waals surface area contributed by atoms with E-state index in [1.165, 1.54) is 18.4 Å². The highest BCUT2D eigenvalue weighted by Crippen LogP contribution is 2.30. The van der Waals surface area contributed by atoms with Gasteiger partial charge in [0.25, 0.3) is 0 Å². The van der Waals surface area contributed by atoms with Crippen LogP contribution < -0.4 is 0 Å². The summed E-state index contributed by atoms with van der Waals surface area (Å²) in [4.78, 5) is 11.8. The molecular weight excluding hydrogens is 172 g/mol. The third-order valence-corrected chi connectivity index (χ3v) is 3.19. The predicted molar refractivity (Wildman–Crippen MR) is 60.2 cm³/mol. The number of allylic oxidation sites excluding steroid dienone is 3. The molecule has 1 aliphatic rings. The Balaban J connectivity index is 2.69. The van der Waals surface area contributed by atoms with Crippen LogP contribution in [0.4, 0.5) is 0 Å². The molecule has 0 aliphatic heterocycles. The third-order valence-electron chi connectivity index (χ3n) is 3.19. The van der Waals surface area contributed by atoms with Crippen LogP contribution in [0.3, 0.4) is 0 Å². The topological polar surface area (TPSA) is 17.1 Å². The maximum absolute atomic E-state index is 11.8. The lowest BCUT2D eigenvalue weighted by Crippen LogP contribution is -2.13. The zero-order valence-electron chi connectivity index (χ0n) is 9.31. The quantitative estimate of drug-likeness (QED) is 0.621. The molecule has 1 rings (SSSR count). The van der Waals surface area contributed by atoms with Gasteiger partial charge in [-0.2, -0.15) is 0 Å². The fourth-order valence-corrected chi connectivity index (χ4v) is 2.04. The molecule has 0 saturated heterocycles. The lowest BCUT2D eigenvalue weighted by Gasteiger charge is -2.22. The molecule has 1 heteroatoms. The number of rotatable bonds is 4. The molecule has 0 aromatic heterocycles. The first kappa shape index (κ1) is 11.2. The summed E-state index contributed by atoms with van der Waals surface area (Å²) in [7, 11) is 0. The van der Waals surface area contributed by atoms with E-state index in [2.05, 4.69) is 20.4 Å². The summed E-state index contributed by atoms with van der Waals surface area (Å²) in [6.07, 6.45) is 6.68. The normalized spacial score (nSPS) is 22.3. The Morgan fingerprint density at radius 3 is 3.00 bits per heavy atom. The van der Waals surface area contributed by atoms with Gasteiger partial charge in [-0.25, -0.2) is 0 Å². The molecular formula is C13H20O. The molecule has 1 nitrogen and oxygen atoms in total. The maximum atomic E-state index is 11.8. The predicted octanol–water partition coefficient (Wildman–Crippen LogP) is 3.66. The van der Waals surface area contributed by atoms with Crippen LogP contribution in [-0.2, 0) is 4.79 Å². The van der Waals surface area contributed by atoms with Crippen LogP contribution in [0.25, 0.3) is 0 Å². The second kappa shape index (κ2) is 5.14. The van der Waals surface area contributed by atoms with Gasteiger partial charge in [0, 0.05) is 6.42 Å². The SMILES string of the molecule is C=CCCC(=O)C1=C(C)C(C)CCC1. The molecule has 0 aromatic rings. The Morgan fingerprint density at radius 1 is 1.64 bits per heavy atom. The summed E-state index contributed by atoms with van der Waals surface area (Å²) in [6.45, 7) is 7.98. The fraction of sp³-hybridized carbons (Fsp3) is 0.615. The van der Waals surface area contributed by atoms with Crippen molar-refractivity contribution in [2.45, 2.75) is 46.0 Å². The van der Waals surface area contributed by atoms with Gasteiger partial charge in [-0.15, -0.1) is 6.58 Å². The number of hydrogen-bond donors (Lipinski definition) is 0. The average Bonchev–Trinajstić information content (AvgIpc) is 2.18. The summed E-state index contributed by atoms with van der Waals surface area (Å²) < 4.78 is 0. The van der Waals surface area contributed by atoms with Crippen molar-refractivity contribution in [2.24, 2.45) is 5.92 Å². The Bertz CT molecular complexity index is 260. The van der Waals surface area contributed by atoms with E-state index in [1.54, 1.807) is 0 Å². The Kier molecular flexibility index (Phi) is 4.12. The van der Waals surface area contributed by atoms with Gasteiger partial charge in [0.2, 0.25) is 0 Å². The summed E-state index contributed by atoms with van der Waals surface area (Å²) in [6, 6.07) is 0. The molecule has 1 unspecified atom stereocenters. The number of ketones is 1. The van der Waals surface area contributed by atoms with Crippen LogP contribution in [0.15, 0.2) is 23.8 Å². The van der Waals surface area contributed by atoms with Crippen LogP contribution >= 0.6 is 0 Å². The van der Waals surface area contributed by atoms with Crippen LogP contribution in [0, 0.1) is 5.92 Å². The van der Waals surface area contributed by atoms with Crippen LogP contribution in [0.1, 0.15) is 46.0 Å². The molecule has 0 bridgehead atoms. The van der Waals surface area contributed by atoms with E-state index in [9.17, 15) is 4.79 Å². The van der Waals surface area contributed by atoms with Crippen molar-refractivity contribution in [3.05, 3.63) is 23.8 Å². The highest BCUT2D eigenvalue weighted by atomic mass is 16.1. The van der Waals surface area contributed by atoms with E-state index >= 15 is 0 Å². The van der Waals surface area contributed by atoms with Crippen molar-refractivity contribution >= 4 is 5.78 Å². The first-order valence-electron chi connectivity index (χ1n) is 5.50. The second-order valence-corrected chi connectivity index (χ2v) is 4.21. The largest absolute Gasteiger partial charge is 0.295 e. The Labute approximate surface area is 86.9 Å². The smallest absolute Gasteiger partial charge is 0.159 e. The minimum absolute atomic E-state index is 0.342. The number of Topliss-reactive ketones (excluding diaryl/α,β-unsaturated/α-hetero) is 1. The molecule has 0 amide bonds. The molecule has 0 spiro atoms. The van der Waals surface area contributed by atoms with E-state index in [-0.39, 0.29) is 0 Å². The van der Waals surface area contributed by atoms with E-state index in [0.717, 1.165) is 18.4 Å². The third kappa shape index (κ3) is 2.57. The van der Waals surface area contributed by atoms with Gasteiger partial charge in [0.05, 0.1) is 0 Å². The first-order valence-corrected chi connectivity index (χ1v) is 5.50. The van der Waals surface area contributed by atoms with Gasteiger partial charge in [-0.3, -0.25) is 4.79 Å². The molecule has 14 heavy (non-hydrogen) atoms. The van der Waals surface area contributed by atoms with Crippen molar-refractivity contribution in [1.29, 1.82) is 0 Å². The van der Waals surface area contributed by atoms with Crippen molar-refractivity contribution in [2.75, 3.05) is 0 Å². The highest BCUT2D eigenvalue weighted by molar-refractivity contribution is 5.96. The zero-order valence-corrected chi connectivity index (χ0v) is 9.31. The number of hydrogen-bond acceptors (Lipinski definition) is 1. The monoisotopic (exact) mass is 192 g/mol. The molecule has 0 fully saturated rings. The molecule has 0 aromatic carbocycles. The average molecular weight is 192 g/mol. The molecule has 1 aliphatic carbocycles. The van der Waals surface area contributed by atoms with Crippen molar-refractivity contribution in [3.63, 3.8) is 0 Å². The molecule has 0 radical (unpaired) electrons. The van der Waals surface area contributed by atoms with Crippen molar-refractivity contribution in [3.8, 4) is 0 Å². The van der Waals surface area contributed by atoms with Crippen LogP contribution in [0.2, 0.25) is 0 Å². The minimum Gasteiger partial charge on any atom is -0.295 e. The lowest BCUT2D eigenvalue weighted by molar-refractivity contribution is -0.115. The fourth-order valence-electron chi connectivity index (χ4n) is 2.04. The van der Waals surface area contributed by atoms with E-state index < -0.39 is 0 Å². The van der Waals surface area contributed by atoms with Crippen LogP contribution in [0.5, 0.6) is 0 Å². The molecule has 0 heterocycles. The molecule has 0 N–H and O–H groups in total. The van der Waals surface area contributed by atoms with Gasteiger partial charge in [0.1, 0.15) is 0 Å². The van der Waals surface area contributed by atoms with Gasteiger partial charge >= 0.3 is 0 Å². The summed E-state index contributed by atoms with van der Waals surface area (Å²) in [5.41, 5.74) is 2.43. The first-order chi connectivity index (χ1) is 6.66. The van der Waals surface area contributed by atoms with Crippen LogP contribution in [-0.4, -0.2) is 5.78 Å². The standard InChI is InChI=1S/C13H20O/c1-4-5-9-13(14)12-8-6-7-10(2)11(12)3/h4,10H,1,5-9H2,2-3H3. The van der Waals surface area contributed by atoms with E-state index in [1.807, 2.05) is 6.08 Å². The van der Waals surface area contributed by atoms with Crippen molar-refractivity contribution in [1.82, 2.24) is 0 Å². The summed E-state index contributed by atoms with van der Waals surface area (Å²) in [5.74, 6) is 0.945. The number of carbonyl (C=O) groups is 1. The zero-order chi connectivity index (χ0) is 10.6. The Hall–Kier alpha value is -0.850. The van der Waals surface area contributed by atoms with Gasteiger partial charge in [0.15, 0.2) is 5.78 Å².